The van der Waals surface area contributed by atoms with Gasteiger partial charge in [-0.25, -0.2) is 0 Å². The van der Waals surface area contributed by atoms with Crippen LogP contribution in [0.5, 0.6) is 0 Å². The van der Waals surface area contributed by atoms with Crippen molar-refractivity contribution in [3.05, 3.63) is 39.9 Å². The predicted molar refractivity (Wildman–Crippen MR) is 70.9 cm³/mol. The van der Waals surface area contributed by atoms with Gasteiger partial charge >= 0.3 is 0 Å². The number of halogens is 1. The summed E-state index contributed by atoms with van der Waals surface area (Å²) in [6.07, 6.45) is 5.82. The first-order valence-electron chi connectivity index (χ1n) is 5.92. The molecule has 1 N–H and O–H groups in total. The zero-order chi connectivity index (χ0) is 11.4. The van der Waals surface area contributed by atoms with Crippen LogP contribution in [-0.4, -0.2) is 13.1 Å². The van der Waals surface area contributed by atoms with E-state index in [1.165, 1.54) is 24.0 Å². The minimum atomic E-state index is 0.865. The van der Waals surface area contributed by atoms with Crippen molar-refractivity contribution in [2.24, 2.45) is 0 Å². The van der Waals surface area contributed by atoms with Crippen LogP contribution in [0.3, 0.4) is 0 Å². The number of hydrogen-bond acceptors (Lipinski definition) is 1. The molecule has 16 heavy (non-hydrogen) atoms. The van der Waals surface area contributed by atoms with E-state index in [4.69, 9.17) is 11.6 Å². The average Bonchev–Trinajstić information content (AvgIpc) is 2.51. The molecule has 0 spiro atoms. The molecular formula is C14H18ClN. The van der Waals surface area contributed by atoms with Gasteiger partial charge in [-0.1, -0.05) is 35.4 Å². The third-order valence-electron chi connectivity index (χ3n) is 2.99. The second-order valence-electron chi connectivity index (χ2n) is 4.43. The summed E-state index contributed by atoms with van der Waals surface area (Å²) >= 11 is 6.23. The number of benzene rings is 1. The van der Waals surface area contributed by atoms with E-state index in [0.29, 0.717) is 0 Å². The van der Waals surface area contributed by atoms with Crippen LogP contribution >= 0.6 is 11.6 Å². The van der Waals surface area contributed by atoms with E-state index >= 15 is 0 Å². The molecule has 0 aromatic heterocycles. The lowest BCUT2D eigenvalue weighted by Crippen LogP contribution is -2.13. The molecule has 1 aliphatic heterocycles. The number of aryl methyl sites for hydroxylation is 1. The molecule has 0 unspecified atom stereocenters. The van der Waals surface area contributed by atoms with Gasteiger partial charge in [-0.15, -0.1) is 0 Å². The highest BCUT2D eigenvalue weighted by atomic mass is 35.5. The molecule has 1 aromatic rings. The highest BCUT2D eigenvalue weighted by Gasteiger charge is 2.05. The summed E-state index contributed by atoms with van der Waals surface area (Å²) in [7, 11) is 0. The quantitative estimate of drug-likeness (QED) is 0.781. The van der Waals surface area contributed by atoms with Gasteiger partial charge in [-0.2, -0.15) is 0 Å². The number of nitrogens with one attached hydrogen (secondary N) is 1. The van der Waals surface area contributed by atoms with Crippen LogP contribution in [0.1, 0.15) is 30.4 Å². The summed E-state index contributed by atoms with van der Waals surface area (Å²) in [5.41, 5.74) is 3.88. The lowest BCUT2D eigenvalue weighted by molar-refractivity contribution is 0.703. The Kier molecular flexibility index (Phi) is 4.03. The minimum absolute atomic E-state index is 0.865. The molecule has 0 radical (unpaired) electrons. The summed E-state index contributed by atoms with van der Waals surface area (Å²) in [5, 5.41) is 4.28. The molecule has 1 aliphatic rings. The minimum Gasteiger partial charge on any atom is -0.316 e. The first-order chi connectivity index (χ1) is 7.75. The van der Waals surface area contributed by atoms with Crippen molar-refractivity contribution in [3.63, 3.8) is 0 Å². The smallest absolute Gasteiger partial charge is 0.0480 e. The van der Waals surface area contributed by atoms with Crippen molar-refractivity contribution in [1.82, 2.24) is 5.32 Å². The topological polar surface area (TPSA) is 12.0 Å². The van der Waals surface area contributed by atoms with Crippen molar-refractivity contribution < 1.29 is 0 Å². The van der Waals surface area contributed by atoms with E-state index in [-0.39, 0.29) is 0 Å². The van der Waals surface area contributed by atoms with Gasteiger partial charge in [0.2, 0.25) is 0 Å². The molecule has 0 saturated carbocycles. The maximum Gasteiger partial charge on any atom is 0.0480 e. The van der Waals surface area contributed by atoms with E-state index in [2.05, 4.69) is 30.4 Å². The SMILES string of the molecule is Cc1ccc(/C=C2/CCCNCC2)c(Cl)c1. The van der Waals surface area contributed by atoms with Gasteiger partial charge in [0, 0.05) is 5.02 Å². The van der Waals surface area contributed by atoms with Crippen LogP contribution in [0.25, 0.3) is 6.08 Å². The summed E-state index contributed by atoms with van der Waals surface area (Å²) in [6, 6.07) is 6.26. The predicted octanol–water partition coefficient (Wildman–Crippen LogP) is 3.81. The zero-order valence-corrected chi connectivity index (χ0v) is 10.5. The molecule has 0 bridgehead atoms. The van der Waals surface area contributed by atoms with Crippen LogP contribution in [0.4, 0.5) is 0 Å². The van der Waals surface area contributed by atoms with E-state index in [1.54, 1.807) is 0 Å². The van der Waals surface area contributed by atoms with Crippen molar-refractivity contribution >= 4 is 17.7 Å². The molecule has 1 saturated heterocycles. The molecule has 86 valence electrons. The van der Waals surface area contributed by atoms with E-state index in [9.17, 15) is 0 Å². The molecule has 1 fully saturated rings. The Morgan fingerprint density at radius 1 is 1.25 bits per heavy atom. The Balaban J connectivity index is 2.20. The first-order valence-corrected chi connectivity index (χ1v) is 6.30. The summed E-state index contributed by atoms with van der Waals surface area (Å²) in [6.45, 7) is 4.30. The molecule has 1 nitrogen and oxygen atoms in total. The first kappa shape index (κ1) is 11.7. The third-order valence-corrected chi connectivity index (χ3v) is 3.32. The number of rotatable bonds is 1. The Labute approximate surface area is 103 Å². The Morgan fingerprint density at radius 2 is 2.12 bits per heavy atom. The van der Waals surface area contributed by atoms with Gasteiger partial charge in [0.1, 0.15) is 0 Å². The molecule has 0 aliphatic carbocycles. The maximum absolute atomic E-state index is 6.23. The van der Waals surface area contributed by atoms with Crippen LogP contribution in [0.15, 0.2) is 23.8 Å². The van der Waals surface area contributed by atoms with E-state index in [0.717, 1.165) is 30.1 Å². The second-order valence-corrected chi connectivity index (χ2v) is 4.84. The average molecular weight is 236 g/mol. The zero-order valence-electron chi connectivity index (χ0n) is 9.72. The van der Waals surface area contributed by atoms with Crippen LogP contribution < -0.4 is 5.32 Å². The van der Waals surface area contributed by atoms with Gasteiger partial charge in [0.15, 0.2) is 0 Å². The number of hydrogen-bond donors (Lipinski definition) is 1. The monoisotopic (exact) mass is 235 g/mol. The maximum atomic E-state index is 6.23. The molecule has 2 heteroatoms. The summed E-state index contributed by atoms with van der Waals surface area (Å²) < 4.78 is 0. The second kappa shape index (κ2) is 5.51. The van der Waals surface area contributed by atoms with Crippen molar-refractivity contribution in [2.45, 2.75) is 26.2 Å². The van der Waals surface area contributed by atoms with Crippen molar-refractivity contribution in [1.29, 1.82) is 0 Å². The van der Waals surface area contributed by atoms with Gasteiger partial charge in [0.25, 0.3) is 0 Å². The highest BCUT2D eigenvalue weighted by Crippen LogP contribution is 2.23. The fourth-order valence-electron chi connectivity index (χ4n) is 2.05. The Morgan fingerprint density at radius 3 is 2.94 bits per heavy atom. The van der Waals surface area contributed by atoms with Gasteiger partial charge < -0.3 is 5.32 Å². The van der Waals surface area contributed by atoms with Crippen molar-refractivity contribution in [3.8, 4) is 0 Å². The molecule has 0 amide bonds. The Bertz CT molecular complexity index is 386. The summed E-state index contributed by atoms with van der Waals surface area (Å²) in [4.78, 5) is 0. The lowest BCUT2D eigenvalue weighted by Gasteiger charge is -2.05. The van der Waals surface area contributed by atoms with Crippen LogP contribution in [0, 0.1) is 6.92 Å². The normalized spacial score (nSPS) is 19.8. The van der Waals surface area contributed by atoms with E-state index < -0.39 is 0 Å². The van der Waals surface area contributed by atoms with Crippen LogP contribution in [0.2, 0.25) is 5.02 Å². The molecule has 1 aromatic carbocycles. The highest BCUT2D eigenvalue weighted by molar-refractivity contribution is 6.32. The standard InChI is InChI=1S/C14H18ClN/c1-11-4-5-13(14(15)9-11)10-12-3-2-7-16-8-6-12/h4-5,9-10,16H,2-3,6-8H2,1H3/b12-10-. The van der Waals surface area contributed by atoms with Gasteiger partial charge in [-0.3, -0.25) is 0 Å². The van der Waals surface area contributed by atoms with Gasteiger partial charge in [-0.05, 0) is 56.5 Å². The third kappa shape index (κ3) is 3.10. The van der Waals surface area contributed by atoms with Gasteiger partial charge in [0.05, 0.1) is 0 Å². The Hall–Kier alpha value is -0.790. The fourth-order valence-corrected chi connectivity index (χ4v) is 2.34. The largest absolute Gasteiger partial charge is 0.316 e. The fraction of sp³-hybridized carbons (Fsp3) is 0.429. The van der Waals surface area contributed by atoms with Crippen LogP contribution in [-0.2, 0) is 0 Å². The summed E-state index contributed by atoms with van der Waals surface area (Å²) in [5.74, 6) is 0. The molecule has 1 heterocycles. The molecule has 2 rings (SSSR count). The molecular weight excluding hydrogens is 218 g/mol. The molecule has 0 atom stereocenters. The lowest BCUT2D eigenvalue weighted by atomic mass is 10.0. The van der Waals surface area contributed by atoms with Crippen molar-refractivity contribution in [2.75, 3.05) is 13.1 Å². The van der Waals surface area contributed by atoms with E-state index in [1.807, 2.05) is 6.07 Å².